The maximum Gasteiger partial charge on any atom is 0.140 e. The van der Waals surface area contributed by atoms with Gasteiger partial charge in [0.05, 0.1) is 11.4 Å². The summed E-state index contributed by atoms with van der Waals surface area (Å²) in [5, 5.41) is 1.13. The lowest BCUT2D eigenvalue weighted by Crippen LogP contribution is -1.84. The highest BCUT2D eigenvalue weighted by atomic mass is 79.9. The van der Waals surface area contributed by atoms with Crippen LogP contribution in [-0.4, -0.2) is 15.0 Å². The predicted octanol–water partition coefficient (Wildman–Crippen LogP) is 8.32. The van der Waals surface area contributed by atoms with Crippen molar-refractivity contribution in [2.24, 2.45) is 0 Å². The Morgan fingerprint density at radius 3 is 2.00 bits per heavy atom. The summed E-state index contributed by atoms with van der Waals surface area (Å²) >= 11 is 3.60. The van der Waals surface area contributed by atoms with Gasteiger partial charge in [-0.05, 0) is 29.3 Å². The molecule has 0 aliphatic heterocycles. The minimum atomic E-state index is 0.848. The van der Waals surface area contributed by atoms with E-state index in [4.69, 9.17) is 4.98 Å². The third kappa shape index (κ3) is 3.69. The van der Waals surface area contributed by atoms with Gasteiger partial charge in [-0.2, -0.15) is 0 Å². The molecule has 0 unspecified atom stereocenters. The molecule has 3 nitrogen and oxygen atoms in total. The number of nitrogens with one attached hydrogen (secondary N) is 2. The van der Waals surface area contributed by atoms with Gasteiger partial charge in [0.1, 0.15) is 5.82 Å². The molecule has 0 aliphatic rings. The molecule has 0 saturated heterocycles. The number of fused-ring (bicyclic) bond motifs is 1. The first kappa shape index (κ1) is 19.8. The molecule has 0 amide bonds. The van der Waals surface area contributed by atoms with Crippen LogP contribution in [0.1, 0.15) is 0 Å². The van der Waals surface area contributed by atoms with E-state index in [0.717, 1.165) is 49.3 Å². The zero-order valence-corrected chi connectivity index (χ0v) is 19.3. The highest BCUT2D eigenvalue weighted by Crippen LogP contribution is 2.36. The number of hydrogen-bond acceptors (Lipinski definition) is 1. The van der Waals surface area contributed by atoms with Crippen molar-refractivity contribution in [2.45, 2.75) is 0 Å². The molecule has 0 radical (unpaired) electrons. The van der Waals surface area contributed by atoms with Crippen LogP contribution in [0.15, 0.2) is 114 Å². The van der Waals surface area contributed by atoms with Gasteiger partial charge < -0.3 is 9.97 Å². The number of imidazole rings is 1. The van der Waals surface area contributed by atoms with E-state index in [9.17, 15) is 0 Å². The Labute approximate surface area is 200 Å². The molecule has 2 heterocycles. The second-order valence-electron chi connectivity index (χ2n) is 8.01. The number of hydrogen-bond donors (Lipinski definition) is 2. The Balaban J connectivity index is 1.50. The Morgan fingerprint density at radius 2 is 1.27 bits per heavy atom. The van der Waals surface area contributed by atoms with Gasteiger partial charge in [-0.1, -0.05) is 101 Å². The van der Waals surface area contributed by atoms with Gasteiger partial charge in [0.15, 0.2) is 0 Å². The van der Waals surface area contributed by atoms with Crippen molar-refractivity contribution in [3.8, 4) is 45.0 Å². The number of H-pyrrole nitrogens is 2. The molecule has 0 spiro atoms. The average molecular weight is 490 g/mol. The van der Waals surface area contributed by atoms with Gasteiger partial charge in [0, 0.05) is 38.3 Å². The summed E-state index contributed by atoms with van der Waals surface area (Å²) in [6.45, 7) is 0. The van der Waals surface area contributed by atoms with Gasteiger partial charge in [0.25, 0.3) is 0 Å². The number of aromatic amines is 2. The summed E-state index contributed by atoms with van der Waals surface area (Å²) < 4.78 is 1.04. The molecular weight excluding hydrogens is 470 g/mol. The number of aromatic nitrogens is 3. The second kappa shape index (κ2) is 8.23. The Kier molecular flexibility index (Phi) is 4.93. The molecule has 2 N–H and O–H groups in total. The smallest absolute Gasteiger partial charge is 0.140 e. The first-order valence-corrected chi connectivity index (χ1v) is 11.6. The van der Waals surface area contributed by atoms with Crippen LogP contribution in [0.3, 0.4) is 0 Å². The Bertz CT molecular complexity index is 1550. The standard InChI is InChI=1S/C29H20BrN3/c30-23-15-16-26-24(17-23)25(18-31-26)29-32-27(21-9-5-2-6-10-21)28(33-29)22-13-11-20(12-14-22)19-7-3-1-4-8-19/h1-18,31H,(H,32,33). The molecule has 6 rings (SSSR count). The van der Waals surface area contributed by atoms with Crippen molar-refractivity contribution < 1.29 is 0 Å². The molecule has 4 heteroatoms. The minimum absolute atomic E-state index is 0.848. The third-order valence-electron chi connectivity index (χ3n) is 5.93. The summed E-state index contributed by atoms with van der Waals surface area (Å²) in [5.74, 6) is 0.848. The van der Waals surface area contributed by atoms with E-state index in [1.807, 2.05) is 24.4 Å². The summed E-state index contributed by atoms with van der Waals surface area (Å²) in [5.41, 5.74) is 8.69. The van der Waals surface area contributed by atoms with Crippen LogP contribution in [0.25, 0.3) is 55.9 Å². The molecule has 0 saturated carbocycles. The first-order valence-electron chi connectivity index (χ1n) is 10.8. The summed E-state index contributed by atoms with van der Waals surface area (Å²) in [4.78, 5) is 12.1. The highest BCUT2D eigenvalue weighted by molar-refractivity contribution is 9.10. The quantitative estimate of drug-likeness (QED) is 0.256. The van der Waals surface area contributed by atoms with Crippen LogP contribution in [0, 0.1) is 0 Å². The van der Waals surface area contributed by atoms with Crippen molar-refractivity contribution in [1.82, 2.24) is 15.0 Å². The van der Waals surface area contributed by atoms with E-state index in [1.54, 1.807) is 0 Å². The van der Waals surface area contributed by atoms with E-state index in [1.165, 1.54) is 11.1 Å². The topological polar surface area (TPSA) is 44.5 Å². The number of halogens is 1. The Morgan fingerprint density at radius 1 is 0.636 bits per heavy atom. The summed E-state index contributed by atoms with van der Waals surface area (Å²) in [6.07, 6.45) is 2.02. The van der Waals surface area contributed by atoms with Crippen LogP contribution in [0.2, 0.25) is 0 Å². The molecule has 2 aromatic heterocycles. The fourth-order valence-corrected chi connectivity index (χ4v) is 4.62. The average Bonchev–Trinajstić information content (AvgIpc) is 3.49. The van der Waals surface area contributed by atoms with Crippen LogP contribution >= 0.6 is 15.9 Å². The number of nitrogens with zero attached hydrogens (tertiary/aromatic N) is 1. The van der Waals surface area contributed by atoms with Crippen molar-refractivity contribution in [3.05, 3.63) is 114 Å². The van der Waals surface area contributed by atoms with E-state index in [0.29, 0.717) is 0 Å². The minimum Gasteiger partial charge on any atom is -0.360 e. The fraction of sp³-hybridized carbons (Fsp3) is 0. The molecule has 4 aromatic carbocycles. The maximum absolute atomic E-state index is 5.07. The number of benzene rings is 4. The van der Waals surface area contributed by atoms with Gasteiger partial charge in [-0.3, -0.25) is 0 Å². The third-order valence-corrected chi connectivity index (χ3v) is 6.42. The van der Waals surface area contributed by atoms with E-state index in [-0.39, 0.29) is 0 Å². The van der Waals surface area contributed by atoms with E-state index in [2.05, 4.69) is 111 Å². The van der Waals surface area contributed by atoms with Crippen LogP contribution < -0.4 is 0 Å². The molecule has 33 heavy (non-hydrogen) atoms. The maximum atomic E-state index is 5.07. The van der Waals surface area contributed by atoms with E-state index < -0.39 is 0 Å². The molecule has 0 atom stereocenters. The molecule has 0 fully saturated rings. The van der Waals surface area contributed by atoms with Crippen molar-refractivity contribution in [1.29, 1.82) is 0 Å². The predicted molar refractivity (Wildman–Crippen MR) is 140 cm³/mol. The SMILES string of the molecule is Brc1ccc2[nH]cc(-c3nc(-c4ccccc4)c(-c4ccc(-c5ccccc5)cc4)[nH]3)c2c1. The van der Waals surface area contributed by atoms with Crippen molar-refractivity contribution >= 4 is 26.8 Å². The fourth-order valence-electron chi connectivity index (χ4n) is 4.26. The number of rotatable bonds is 4. The van der Waals surface area contributed by atoms with Crippen molar-refractivity contribution in [3.63, 3.8) is 0 Å². The lowest BCUT2D eigenvalue weighted by atomic mass is 10.0. The Hall–Kier alpha value is -3.89. The van der Waals surface area contributed by atoms with Crippen LogP contribution in [0.4, 0.5) is 0 Å². The lowest BCUT2D eigenvalue weighted by molar-refractivity contribution is 1.31. The molecule has 0 aliphatic carbocycles. The first-order chi connectivity index (χ1) is 16.3. The van der Waals surface area contributed by atoms with Gasteiger partial charge in [-0.25, -0.2) is 4.98 Å². The normalized spacial score (nSPS) is 11.2. The highest BCUT2D eigenvalue weighted by Gasteiger charge is 2.17. The molecular formula is C29H20BrN3. The van der Waals surface area contributed by atoms with Crippen LogP contribution in [-0.2, 0) is 0 Å². The molecule has 158 valence electrons. The van der Waals surface area contributed by atoms with Gasteiger partial charge >= 0.3 is 0 Å². The molecule has 0 bridgehead atoms. The van der Waals surface area contributed by atoms with Crippen molar-refractivity contribution in [2.75, 3.05) is 0 Å². The second-order valence-corrected chi connectivity index (χ2v) is 8.93. The largest absolute Gasteiger partial charge is 0.360 e. The lowest BCUT2D eigenvalue weighted by Gasteiger charge is -2.06. The zero-order chi connectivity index (χ0) is 22.2. The zero-order valence-electron chi connectivity index (χ0n) is 17.7. The van der Waals surface area contributed by atoms with Crippen LogP contribution in [0.5, 0.6) is 0 Å². The van der Waals surface area contributed by atoms with Gasteiger partial charge in [0.2, 0.25) is 0 Å². The molecule has 6 aromatic rings. The summed E-state index contributed by atoms with van der Waals surface area (Å²) in [6, 6.07) is 35.7. The van der Waals surface area contributed by atoms with E-state index >= 15 is 0 Å². The van der Waals surface area contributed by atoms with Gasteiger partial charge in [-0.15, -0.1) is 0 Å². The summed E-state index contributed by atoms with van der Waals surface area (Å²) in [7, 11) is 0. The monoisotopic (exact) mass is 489 g/mol.